The summed E-state index contributed by atoms with van der Waals surface area (Å²) in [7, 11) is -4.12. The molecule has 3 aromatic rings. The van der Waals surface area contributed by atoms with Gasteiger partial charge in [-0.2, -0.15) is 0 Å². The topological polar surface area (TPSA) is 86.8 Å². The van der Waals surface area contributed by atoms with E-state index < -0.39 is 28.5 Å². The number of nitrogens with zero attached hydrogens (tertiary/aromatic N) is 2. The molecule has 3 aromatic carbocycles. The lowest BCUT2D eigenvalue weighted by Gasteiger charge is -2.34. The van der Waals surface area contributed by atoms with Crippen molar-refractivity contribution in [1.29, 1.82) is 0 Å². The molecule has 40 heavy (non-hydrogen) atoms. The lowest BCUT2D eigenvalue weighted by atomic mass is 10.1. The minimum Gasteiger partial charge on any atom is -0.352 e. The van der Waals surface area contributed by atoms with E-state index in [1.807, 2.05) is 27.7 Å². The number of hydrogen-bond acceptors (Lipinski definition) is 4. The van der Waals surface area contributed by atoms with Gasteiger partial charge >= 0.3 is 0 Å². The molecule has 0 aliphatic carbocycles. The van der Waals surface area contributed by atoms with Crippen LogP contribution in [0.1, 0.15) is 44.7 Å². The SMILES string of the molecule is CC[C@@H](C)NC(=O)[C@H](CC)N(Cc1ccc(Cl)cc1Cl)C(=O)CN(c1ccccc1)S(=O)(=O)c1ccc(C)cc1. The predicted molar refractivity (Wildman–Crippen MR) is 161 cm³/mol. The Labute approximate surface area is 247 Å². The van der Waals surface area contributed by atoms with Crippen LogP contribution in [0.3, 0.4) is 0 Å². The van der Waals surface area contributed by atoms with Gasteiger partial charge in [-0.05, 0) is 68.7 Å². The van der Waals surface area contributed by atoms with Gasteiger partial charge in [0.15, 0.2) is 0 Å². The van der Waals surface area contributed by atoms with Crippen molar-refractivity contribution < 1.29 is 18.0 Å². The Hall–Kier alpha value is -3.07. The van der Waals surface area contributed by atoms with Crippen molar-refractivity contribution in [2.75, 3.05) is 10.8 Å². The van der Waals surface area contributed by atoms with E-state index >= 15 is 0 Å². The molecule has 0 aliphatic rings. The van der Waals surface area contributed by atoms with E-state index in [4.69, 9.17) is 23.2 Å². The van der Waals surface area contributed by atoms with E-state index in [9.17, 15) is 18.0 Å². The second-order valence-corrected chi connectivity index (χ2v) is 12.4. The number of carbonyl (C=O) groups excluding carboxylic acids is 2. The number of sulfonamides is 1. The van der Waals surface area contributed by atoms with E-state index in [2.05, 4.69) is 5.32 Å². The maximum Gasteiger partial charge on any atom is 0.264 e. The van der Waals surface area contributed by atoms with Gasteiger partial charge in [0.05, 0.1) is 10.6 Å². The average Bonchev–Trinajstić information content (AvgIpc) is 2.93. The van der Waals surface area contributed by atoms with Gasteiger partial charge in [0.2, 0.25) is 11.8 Å². The fraction of sp³-hybridized carbons (Fsp3) is 0.333. The van der Waals surface area contributed by atoms with Crippen LogP contribution in [0.4, 0.5) is 5.69 Å². The third-order valence-electron chi connectivity index (χ3n) is 6.67. The van der Waals surface area contributed by atoms with E-state index in [0.29, 0.717) is 27.7 Å². The highest BCUT2D eigenvalue weighted by atomic mass is 35.5. The van der Waals surface area contributed by atoms with E-state index in [-0.39, 0.29) is 23.4 Å². The van der Waals surface area contributed by atoms with Crippen LogP contribution in [-0.2, 0) is 26.2 Å². The number of rotatable bonds is 12. The van der Waals surface area contributed by atoms with Crippen LogP contribution in [-0.4, -0.2) is 43.8 Å². The number of hydrogen-bond donors (Lipinski definition) is 1. The van der Waals surface area contributed by atoms with Gasteiger partial charge < -0.3 is 10.2 Å². The van der Waals surface area contributed by atoms with Crippen LogP contribution in [0.5, 0.6) is 0 Å². The monoisotopic (exact) mass is 603 g/mol. The van der Waals surface area contributed by atoms with Crippen LogP contribution < -0.4 is 9.62 Å². The van der Waals surface area contributed by atoms with Crippen molar-refractivity contribution >= 4 is 50.7 Å². The molecule has 0 saturated heterocycles. The lowest BCUT2D eigenvalue weighted by Crippen LogP contribution is -2.53. The van der Waals surface area contributed by atoms with Crippen molar-refractivity contribution in [2.45, 2.75) is 64.1 Å². The molecule has 0 radical (unpaired) electrons. The van der Waals surface area contributed by atoms with Crippen molar-refractivity contribution in [3.63, 3.8) is 0 Å². The third kappa shape index (κ3) is 7.77. The maximum atomic E-state index is 14.1. The lowest BCUT2D eigenvalue weighted by molar-refractivity contribution is -0.140. The molecule has 0 fully saturated rings. The number of benzene rings is 3. The molecule has 2 amide bonds. The molecule has 0 bridgehead atoms. The molecule has 10 heteroatoms. The number of nitrogens with one attached hydrogen (secondary N) is 1. The second kappa shape index (κ2) is 14.0. The summed E-state index contributed by atoms with van der Waals surface area (Å²) in [5.74, 6) is -0.861. The average molecular weight is 605 g/mol. The van der Waals surface area contributed by atoms with E-state index in [0.717, 1.165) is 16.3 Å². The summed E-state index contributed by atoms with van der Waals surface area (Å²) < 4.78 is 28.8. The Bertz CT molecular complexity index is 1420. The van der Waals surface area contributed by atoms with Crippen molar-refractivity contribution in [1.82, 2.24) is 10.2 Å². The van der Waals surface area contributed by atoms with Gasteiger partial charge in [-0.15, -0.1) is 0 Å². The fourth-order valence-electron chi connectivity index (χ4n) is 4.15. The largest absolute Gasteiger partial charge is 0.352 e. The standard InChI is InChI=1S/C30H35Cl2N3O4S/c1-5-22(4)33-30(37)28(6-2)34(19-23-14-15-24(31)18-27(23)32)29(36)20-35(25-10-8-7-9-11-25)40(38,39)26-16-12-21(3)13-17-26/h7-18,22,28H,5-6,19-20H2,1-4H3,(H,33,37)/t22-,28+/m1/s1. The van der Waals surface area contributed by atoms with Gasteiger partial charge in [0.25, 0.3) is 10.0 Å². The minimum atomic E-state index is -4.12. The van der Waals surface area contributed by atoms with Crippen molar-refractivity contribution in [2.24, 2.45) is 0 Å². The first-order valence-electron chi connectivity index (χ1n) is 13.2. The molecule has 0 aliphatic heterocycles. The first-order valence-corrected chi connectivity index (χ1v) is 15.4. The van der Waals surface area contributed by atoms with Crippen molar-refractivity contribution in [3.05, 3.63) is 94.0 Å². The van der Waals surface area contributed by atoms with Gasteiger partial charge in [0, 0.05) is 22.6 Å². The first-order chi connectivity index (χ1) is 19.0. The molecular formula is C30H35Cl2N3O4S. The molecule has 3 rings (SSSR count). The van der Waals surface area contributed by atoms with Gasteiger partial charge in [-0.25, -0.2) is 8.42 Å². The first kappa shape index (κ1) is 31.5. The predicted octanol–water partition coefficient (Wildman–Crippen LogP) is 6.22. The molecule has 214 valence electrons. The number of carbonyl (C=O) groups is 2. The smallest absolute Gasteiger partial charge is 0.264 e. The van der Waals surface area contributed by atoms with Gasteiger partial charge in [-0.3, -0.25) is 13.9 Å². The zero-order valence-electron chi connectivity index (χ0n) is 23.1. The summed E-state index contributed by atoms with van der Waals surface area (Å²) in [5.41, 5.74) is 1.82. The molecule has 0 spiro atoms. The number of aryl methyl sites for hydroxylation is 1. The van der Waals surface area contributed by atoms with E-state index in [1.165, 1.54) is 17.0 Å². The fourth-order valence-corrected chi connectivity index (χ4v) is 6.04. The summed E-state index contributed by atoms with van der Waals surface area (Å²) in [6.07, 6.45) is 1.03. The second-order valence-electron chi connectivity index (χ2n) is 9.66. The summed E-state index contributed by atoms with van der Waals surface area (Å²) >= 11 is 12.5. The Morgan fingerprint density at radius 3 is 2.15 bits per heavy atom. The number of anilines is 1. The highest BCUT2D eigenvalue weighted by Crippen LogP contribution is 2.27. The molecule has 7 nitrogen and oxygen atoms in total. The Balaban J connectivity index is 2.06. The molecule has 0 heterocycles. The quantitative estimate of drug-likeness (QED) is 0.266. The summed E-state index contributed by atoms with van der Waals surface area (Å²) in [6.45, 7) is 6.99. The van der Waals surface area contributed by atoms with Gasteiger partial charge in [0.1, 0.15) is 12.6 Å². The summed E-state index contributed by atoms with van der Waals surface area (Å²) in [4.78, 5) is 28.9. The van der Waals surface area contributed by atoms with Gasteiger partial charge in [-0.1, -0.05) is 79.0 Å². The van der Waals surface area contributed by atoms with Crippen LogP contribution in [0.25, 0.3) is 0 Å². The zero-order valence-corrected chi connectivity index (χ0v) is 25.4. The number of para-hydroxylation sites is 1. The Morgan fingerprint density at radius 2 is 1.57 bits per heavy atom. The van der Waals surface area contributed by atoms with E-state index in [1.54, 1.807) is 60.7 Å². The zero-order chi connectivity index (χ0) is 29.4. The number of amides is 2. The maximum absolute atomic E-state index is 14.1. The van der Waals surface area contributed by atoms with Crippen molar-refractivity contribution in [3.8, 4) is 0 Å². The number of halogens is 2. The third-order valence-corrected chi connectivity index (χ3v) is 9.05. The highest BCUT2D eigenvalue weighted by molar-refractivity contribution is 7.92. The highest BCUT2D eigenvalue weighted by Gasteiger charge is 2.34. The normalized spacial score (nSPS) is 12.8. The summed E-state index contributed by atoms with van der Waals surface area (Å²) in [6, 6.07) is 18.9. The minimum absolute atomic E-state index is 0.00548. The van der Waals surface area contributed by atoms with Crippen LogP contribution in [0.2, 0.25) is 10.0 Å². The molecule has 2 atom stereocenters. The Kier molecular flexibility index (Phi) is 11.0. The molecular weight excluding hydrogens is 569 g/mol. The molecule has 0 aromatic heterocycles. The van der Waals surface area contributed by atoms with Crippen LogP contribution >= 0.6 is 23.2 Å². The Morgan fingerprint density at radius 1 is 0.925 bits per heavy atom. The molecule has 1 N–H and O–H groups in total. The molecule has 0 saturated carbocycles. The van der Waals surface area contributed by atoms with Crippen LogP contribution in [0, 0.1) is 6.92 Å². The van der Waals surface area contributed by atoms with Crippen LogP contribution in [0.15, 0.2) is 77.7 Å². The molecule has 0 unspecified atom stereocenters. The summed E-state index contributed by atoms with van der Waals surface area (Å²) in [5, 5.41) is 3.73.